The van der Waals surface area contributed by atoms with E-state index in [0.29, 0.717) is 0 Å². The number of hydrogen-bond donors (Lipinski definition) is 0. The molecule has 0 aromatic heterocycles. The molecule has 3 aliphatic carbocycles. The molecule has 492 valence electrons. The van der Waals surface area contributed by atoms with E-state index in [1.165, 1.54) is 39.0 Å². The number of nitrogens with zero attached hydrogens (tertiary/aromatic N) is 6. The van der Waals surface area contributed by atoms with Gasteiger partial charge in [-0.2, -0.15) is 0 Å². The summed E-state index contributed by atoms with van der Waals surface area (Å²) < 4.78 is 0. The van der Waals surface area contributed by atoms with Crippen molar-refractivity contribution < 1.29 is 0 Å². The van der Waals surface area contributed by atoms with Crippen molar-refractivity contribution in [3.8, 4) is 0 Å². The first-order valence-electron chi connectivity index (χ1n) is 35.5. The summed E-state index contributed by atoms with van der Waals surface area (Å²) in [6.07, 6.45) is 3.44. The van der Waals surface area contributed by atoms with Gasteiger partial charge < -0.3 is 29.4 Å². The van der Waals surface area contributed by atoms with Gasteiger partial charge in [-0.15, -0.1) is 0 Å². The largest absolute Gasteiger partial charge is 0.311 e. The van der Waals surface area contributed by atoms with Crippen molar-refractivity contribution in [2.24, 2.45) is 10.8 Å². The van der Waals surface area contributed by atoms with E-state index in [0.717, 1.165) is 109 Å². The summed E-state index contributed by atoms with van der Waals surface area (Å²) in [5.41, 5.74) is 28.9. The molecule has 0 aliphatic heterocycles. The molecule has 102 heavy (non-hydrogen) atoms. The third-order valence-electron chi connectivity index (χ3n) is 21.0. The number of anilines is 18. The van der Waals surface area contributed by atoms with Gasteiger partial charge in [0.05, 0.1) is 0 Å². The van der Waals surface area contributed by atoms with Crippen LogP contribution < -0.4 is 29.4 Å². The standard InChI is InChI=1S/C96H78N6/c1-95(2)91-65-69-45-47-88(102(85-61-53-81(54-62-85)99(75-37-21-9-22-38-75)76-39-23-10-24-40-76)86-63-55-82(56-64-86)100(77-41-25-11-26-42-77)78-43-27-12-28-44-78)68-90(69)94(91)96(3,4)92-66-70-46-48-87(67-89(70)93(92)95)101(83-57-49-79(50-58-83)97(71-29-13-5-14-30-71)72-31-15-6-16-32-72)84-59-51-80(52-60-84)98(73-33-17-7-18-34-73)74-35-19-8-20-36-74/h5-65,67-68,94H,66H2,1-4H3. The Bertz CT molecular complexity index is 4910. The molecule has 14 aromatic carbocycles. The molecule has 0 spiro atoms. The minimum absolute atomic E-state index is 0.142. The molecule has 17 rings (SSSR count). The lowest BCUT2D eigenvalue weighted by molar-refractivity contribution is 0.328. The van der Waals surface area contributed by atoms with E-state index in [2.05, 4.69) is 439 Å². The number of allylic oxidation sites excluding steroid dienone is 3. The van der Waals surface area contributed by atoms with Crippen molar-refractivity contribution in [2.45, 2.75) is 40.0 Å². The molecule has 0 saturated carbocycles. The highest BCUT2D eigenvalue weighted by Crippen LogP contribution is 2.68. The summed E-state index contributed by atoms with van der Waals surface area (Å²) in [4.78, 5) is 14.2. The van der Waals surface area contributed by atoms with E-state index >= 15 is 0 Å². The lowest BCUT2D eigenvalue weighted by atomic mass is 9.55. The molecule has 0 saturated heterocycles. The third kappa shape index (κ3) is 11.6. The maximum absolute atomic E-state index is 2.55. The van der Waals surface area contributed by atoms with E-state index in [1.807, 2.05) is 0 Å². The molecule has 0 radical (unpaired) electrons. The second kappa shape index (κ2) is 26.6. The van der Waals surface area contributed by atoms with Crippen molar-refractivity contribution in [2.75, 3.05) is 29.4 Å². The van der Waals surface area contributed by atoms with E-state index in [9.17, 15) is 0 Å². The lowest BCUT2D eigenvalue weighted by Gasteiger charge is -2.48. The Morgan fingerprint density at radius 3 is 0.745 bits per heavy atom. The third-order valence-corrected chi connectivity index (χ3v) is 21.0. The molecular weight excluding hydrogens is 1240 g/mol. The second-order valence-electron chi connectivity index (χ2n) is 27.8. The van der Waals surface area contributed by atoms with Crippen LogP contribution >= 0.6 is 0 Å². The monoisotopic (exact) mass is 1310 g/mol. The summed E-state index contributed by atoms with van der Waals surface area (Å²) in [7, 11) is 0. The average Bonchev–Trinajstić information content (AvgIpc) is 1.52. The molecule has 1 atom stereocenters. The molecule has 0 amide bonds. The zero-order chi connectivity index (χ0) is 68.7. The van der Waals surface area contributed by atoms with Gasteiger partial charge in [-0.1, -0.05) is 203 Å². The summed E-state index contributed by atoms with van der Waals surface area (Å²) in [5.74, 6) is 0.142. The van der Waals surface area contributed by atoms with Gasteiger partial charge in [-0.25, -0.2) is 0 Å². The van der Waals surface area contributed by atoms with Gasteiger partial charge in [-0.05, 0) is 258 Å². The van der Waals surface area contributed by atoms with Crippen molar-refractivity contribution in [3.05, 3.63) is 410 Å². The maximum Gasteiger partial charge on any atom is 0.0467 e. The van der Waals surface area contributed by atoms with Crippen molar-refractivity contribution in [3.63, 3.8) is 0 Å². The van der Waals surface area contributed by atoms with Crippen molar-refractivity contribution in [1.82, 2.24) is 0 Å². The van der Waals surface area contributed by atoms with Crippen LogP contribution in [0.15, 0.2) is 387 Å². The van der Waals surface area contributed by atoms with Gasteiger partial charge in [0.1, 0.15) is 0 Å². The number of fused-ring (bicyclic) bond motifs is 5. The van der Waals surface area contributed by atoms with Crippen LogP contribution in [0.25, 0.3) is 11.6 Å². The molecule has 0 fully saturated rings. The molecule has 0 N–H and O–H groups in total. The molecule has 14 aromatic rings. The number of hydrogen-bond acceptors (Lipinski definition) is 6. The molecule has 6 nitrogen and oxygen atoms in total. The second-order valence-corrected chi connectivity index (χ2v) is 27.8. The fourth-order valence-corrected chi connectivity index (χ4v) is 16.2. The topological polar surface area (TPSA) is 19.4 Å². The highest BCUT2D eigenvalue weighted by atomic mass is 15.2. The summed E-state index contributed by atoms with van der Waals surface area (Å²) in [5, 5.41) is 0. The van der Waals surface area contributed by atoms with Crippen molar-refractivity contribution >= 4 is 114 Å². The quantitative estimate of drug-likeness (QED) is 0.0847. The minimum Gasteiger partial charge on any atom is -0.311 e. The summed E-state index contributed by atoms with van der Waals surface area (Å²) in [6, 6.07) is 136. The van der Waals surface area contributed by atoms with Crippen LogP contribution in [0.4, 0.5) is 102 Å². The Labute approximate surface area is 600 Å². The fraction of sp³-hybridized carbons (Fsp3) is 0.0833. The van der Waals surface area contributed by atoms with E-state index in [-0.39, 0.29) is 16.7 Å². The average molecular weight is 1320 g/mol. The molecular formula is C96H78N6. The van der Waals surface area contributed by atoms with Gasteiger partial charge in [-0.3, -0.25) is 0 Å². The Morgan fingerprint density at radius 1 is 0.245 bits per heavy atom. The van der Waals surface area contributed by atoms with Crippen LogP contribution in [0, 0.1) is 10.8 Å². The van der Waals surface area contributed by atoms with Crippen LogP contribution in [-0.2, 0) is 6.42 Å². The van der Waals surface area contributed by atoms with E-state index in [4.69, 9.17) is 0 Å². The van der Waals surface area contributed by atoms with Crippen LogP contribution in [0.5, 0.6) is 0 Å². The Balaban J connectivity index is 0.753. The molecule has 1 unspecified atom stereocenters. The Hall–Kier alpha value is -12.6. The normalized spacial score (nSPS) is 14.3. The first-order valence-corrected chi connectivity index (χ1v) is 35.5. The van der Waals surface area contributed by atoms with Gasteiger partial charge in [0.25, 0.3) is 0 Å². The maximum atomic E-state index is 2.55. The molecule has 0 heterocycles. The Kier molecular flexibility index (Phi) is 16.4. The number of benzene rings is 14. The highest BCUT2D eigenvalue weighted by molar-refractivity contribution is 5.93. The zero-order valence-corrected chi connectivity index (χ0v) is 57.8. The van der Waals surface area contributed by atoms with Crippen LogP contribution in [-0.4, -0.2) is 0 Å². The highest BCUT2D eigenvalue weighted by Gasteiger charge is 2.54. The van der Waals surface area contributed by atoms with Gasteiger partial charge in [0, 0.05) is 114 Å². The Morgan fingerprint density at radius 2 is 0.471 bits per heavy atom. The zero-order valence-electron chi connectivity index (χ0n) is 57.8. The predicted octanol–water partition coefficient (Wildman–Crippen LogP) is 27.1. The van der Waals surface area contributed by atoms with Crippen LogP contribution in [0.3, 0.4) is 0 Å². The first-order chi connectivity index (χ1) is 50.1. The van der Waals surface area contributed by atoms with E-state index < -0.39 is 0 Å². The molecule has 0 bridgehead atoms. The smallest absolute Gasteiger partial charge is 0.0467 e. The predicted molar refractivity (Wildman–Crippen MR) is 430 cm³/mol. The lowest BCUT2D eigenvalue weighted by Crippen LogP contribution is -2.36. The first kappa shape index (κ1) is 62.8. The summed E-state index contributed by atoms with van der Waals surface area (Å²) >= 11 is 0. The fourth-order valence-electron chi connectivity index (χ4n) is 16.2. The molecule has 3 aliphatic rings. The van der Waals surface area contributed by atoms with Gasteiger partial charge in [0.15, 0.2) is 0 Å². The summed E-state index contributed by atoms with van der Waals surface area (Å²) in [6.45, 7) is 10.0. The van der Waals surface area contributed by atoms with E-state index in [1.54, 1.807) is 0 Å². The number of para-hydroxylation sites is 8. The van der Waals surface area contributed by atoms with Gasteiger partial charge in [0.2, 0.25) is 0 Å². The number of rotatable bonds is 18. The molecule has 6 heteroatoms. The van der Waals surface area contributed by atoms with Crippen LogP contribution in [0.2, 0.25) is 0 Å². The van der Waals surface area contributed by atoms with Crippen LogP contribution in [0.1, 0.15) is 55.9 Å². The van der Waals surface area contributed by atoms with Gasteiger partial charge >= 0.3 is 0 Å². The van der Waals surface area contributed by atoms with Crippen molar-refractivity contribution in [1.29, 1.82) is 0 Å². The SMILES string of the molecule is CC1(C)C2=Cc3ccc(N(c4ccc(N(c5ccccc5)c5ccccc5)cc4)c4ccc(N(c5ccccc5)c5ccccc5)cc4)cc3C2C(C)(C)C2=C1c1cc(N(c3ccc(N(c4ccccc4)c4ccccc4)cc3)c3ccc(N(c4ccccc4)c4ccccc4)cc3)ccc1C2. The minimum atomic E-state index is -0.304.